The molecule has 0 spiro atoms. The summed E-state index contributed by atoms with van der Waals surface area (Å²) in [6.07, 6.45) is 40.3. The van der Waals surface area contributed by atoms with Crippen molar-refractivity contribution >= 4 is 35.0 Å². The molecule has 17 rings (SSSR count). The Kier molecular flexibility index (Phi) is 26.3. The van der Waals surface area contributed by atoms with Gasteiger partial charge in [-0.15, -0.1) is 0 Å². The molecule has 4 N–H and O–H groups in total. The van der Waals surface area contributed by atoms with E-state index >= 15 is 0 Å². The van der Waals surface area contributed by atoms with E-state index in [1.807, 2.05) is 18.6 Å². The van der Waals surface area contributed by atoms with Crippen LogP contribution in [0.1, 0.15) is 236 Å². The number of aryl methyl sites for hydroxylation is 3. The van der Waals surface area contributed by atoms with Crippen LogP contribution in [0.2, 0.25) is 0 Å². The summed E-state index contributed by atoms with van der Waals surface area (Å²) in [6, 6.07) is 47.7. The topological polar surface area (TPSA) is 198 Å². The Morgan fingerprint density at radius 2 is 0.774 bits per heavy atom. The van der Waals surface area contributed by atoms with Crippen molar-refractivity contribution in [1.29, 1.82) is 0 Å². The van der Waals surface area contributed by atoms with Crippen LogP contribution in [0, 0.1) is 50.4 Å². The number of carbonyl (C=O) groups excluding carboxylic acids is 3. The highest BCUT2D eigenvalue weighted by molar-refractivity contribution is 5.97. The Morgan fingerprint density at radius 1 is 0.409 bits per heavy atom. The van der Waals surface area contributed by atoms with Crippen molar-refractivity contribution in [1.82, 2.24) is 34.7 Å². The monoisotopic (exact) mass is 1550 g/mol. The summed E-state index contributed by atoms with van der Waals surface area (Å²) in [4.78, 5) is 44.3. The number of hydrogen-bond acceptors (Lipinski definition) is 12. The molecule has 115 heavy (non-hydrogen) atoms. The summed E-state index contributed by atoms with van der Waals surface area (Å²) in [6.45, 7) is 8.96. The van der Waals surface area contributed by atoms with Crippen LogP contribution in [-0.2, 0) is 14.3 Å². The standard InChI is InChI=1S/C36H46N4O4.C34H44N4O2.C27H33N3O/c1-24-19-29(13-18-34(24)43-2)26-9-7-25(8-10-26)22-39(35(41)27-11-14-31(15-12-27)38-36(42)44-3)33-6-4-5-28(20-33)30-21-37-40(23-30)32-16-17-32;1-23-18-28(12-17-33(23)40-2)25-8-6-24(7-9-25)21-37(34(39)26-10-13-30(35)14-11-26)32-5-3-4-27(19-32)29-20-36-38(22-29)31-15-16-31;1-19-14-23(10-13-27(19)31-2)21-8-6-20(7-9-21)16-28-25-5-3-4-22(15-25)24-17-29-30(18-24)26-11-12-26/h4-6,13,18-21,23,25-27,31-32H,7-12,14-17,22H2,1-3H3,(H,38,42);3-5,12,17-20,22,24-26,30-31H,6-11,13-16,21,35H2,1-2H3;3-5,10,13-15,17-18,20-21,26,28H,6-9,11-12,16H2,1-2H3. The summed E-state index contributed by atoms with van der Waals surface area (Å²) in [5.41, 5.74) is 24.2. The first-order valence-electron chi connectivity index (χ1n) is 43.4. The Labute approximate surface area is 682 Å². The molecular formula is C97H123N11O7. The molecule has 0 aliphatic heterocycles. The molecule has 8 aliphatic carbocycles. The molecule has 3 aromatic heterocycles. The Balaban J connectivity index is 0.000000138. The molecule has 608 valence electrons. The predicted octanol–water partition coefficient (Wildman–Crippen LogP) is 21.0. The summed E-state index contributed by atoms with van der Waals surface area (Å²) in [5, 5.41) is 20.4. The van der Waals surface area contributed by atoms with Crippen molar-refractivity contribution in [2.75, 3.05) is 63.2 Å². The van der Waals surface area contributed by atoms with Crippen molar-refractivity contribution in [3.63, 3.8) is 0 Å². The third-order valence-corrected chi connectivity index (χ3v) is 26.7. The number of aromatic nitrogens is 6. The van der Waals surface area contributed by atoms with Crippen molar-refractivity contribution in [3.05, 3.63) is 198 Å². The van der Waals surface area contributed by atoms with Crippen LogP contribution < -0.4 is 40.4 Å². The Morgan fingerprint density at radius 3 is 1.14 bits per heavy atom. The Bertz CT molecular complexity index is 4720. The minimum Gasteiger partial charge on any atom is -0.496 e. The van der Waals surface area contributed by atoms with Crippen LogP contribution >= 0.6 is 0 Å². The van der Waals surface area contributed by atoms with Gasteiger partial charge >= 0.3 is 6.09 Å². The van der Waals surface area contributed by atoms with Gasteiger partial charge in [-0.25, -0.2) is 4.79 Å². The molecule has 3 heterocycles. The van der Waals surface area contributed by atoms with E-state index in [0.717, 1.165) is 179 Å². The van der Waals surface area contributed by atoms with E-state index in [1.54, 1.807) is 21.3 Å². The summed E-state index contributed by atoms with van der Waals surface area (Å²) in [5.74, 6) is 6.91. The predicted molar refractivity (Wildman–Crippen MR) is 460 cm³/mol. The van der Waals surface area contributed by atoms with Gasteiger partial charge in [0.25, 0.3) is 0 Å². The highest BCUT2D eigenvalue weighted by Crippen LogP contribution is 2.45. The number of nitrogens with zero attached hydrogens (tertiary/aromatic N) is 8. The molecule has 0 bridgehead atoms. The number of benzene rings is 6. The van der Waals surface area contributed by atoms with Crippen molar-refractivity contribution in [3.8, 4) is 50.6 Å². The van der Waals surface area contributed by atoms with E-state index in [4.69, 9.17) is 24.7 Å². The number of methoxy groups -OCH3 is 4. The van der Waals surface area contributed by atoms with E-state index < -0.39 is 6.09 Å². The van der Waals surface area contributed by atoms with Crippen molar-refractivity contribution < 1.29 is 33.3 Å². The second kappa shape index (κ2) is 37.5. The van der Waals surface area contributed by atoms with Crippen molar-refractivity contribution in [2.24, 2.45) is 35.3 Å². The summed E-state index contributed by atoms with van der Waals surface area (Å²) >= 11 is 0. The molecule has 0 radical (unpaired) electrons. The highest BCUT2D eigenvalue weighted by atomic mass is 16.5. The number of hydrogen-bond donors (Lipinski definition) is 3. The molecule has 18 heteroatoms. The quantitative estimate of drug-likeness (QED) is 0.0518. The molecule has 8 aliphatic rings. The molecule has 0 saturated heterocycles. The normalized spacial score (nSPS) is 23.4. The molecule has 3 amide bonds. The lowest BCUT2D eigenvalue weighted by Gasteiger charge is -2.36. The maximum absolute atomic E-state index is 14.3. The molecule has 0 unspecified atom stereocenters. The first-order chi connectivity index (χ1) is 56.1. The number of amides is 3. The molecule has 0 atom stereocenters. The average Bonchev–Trinajstić information content (AvgIpc) is 1.72. The van der Waals surface area contributed by atoms with E-state index in [-0.39, 0.29) is 35.7 Å². The van der Waals surface area contributed by atoms with Crippen LogP contribution in [0.25, 0.3) is 33.4 Å². The lowest BCUT2D eigenvalue weighted by atomic mass is 9.78. The molecule has 18 nitrogen and oxygen atoms in total. The second-order valence-electron chi connectivity index (χ2n) is 34.9. The van der Waals surface area contributed by atoms with Crippen LogP contribution in [0.3, 0.4) is 0 Å². The number of alkyl carbamates (subject to hydrolysis) is 1. The third kappa shape index (κ3) is 20.6. The largest absolute Gasteiger partial charge is 0.496 e. The zero-order valence-electron chi connectivity index (χ0n) is 69.1. The minimum atomic E-state index is -0.399. The fraction of sp³-hybridized carbons (Fsp3) is 0.505. The lowest BCUT2D eigenvalue weighted by molar-refractivity contribution is -0.124. The van der Waals surface area contributed by atoms with Gasteiger partial charge in [0.05, 0.1) is 65.2 Å². The second-order valence-corrected chi connectivity index (χ2v) is 34.9. The van der Waals surface area contributed by atoms with E-state index in [0.29, 0.717) is 47.7 Å². The van der Waals surface area contributed by atoms with Gasteiger partial charge in [-0.2, -0.15) is 15.3 Å². The first-order valence-corrected chi connectivity index (χ1v) is 43.4. The number of anilines is 3. The number of carbonyl (C=O) groups is 3. The van der Waals surface area contributed by atoms with Gasteiger partial charge in [0, 0.05) is 95.9 Å². The zero-order chi connectivity index (χ0) is 79.5. The number of rotatable bonds is 24. The molecule has 6 aromatic carbocycles. The van der Waals surface area contributed by atoms with Gasteiger partial charge < -0.3 is 45.1 Å². The maximum Gasteiger partial charge on any atom is 0.407 e. The SMILES string of the molecule is COC(=O)NC1CCC(C(=O)N(CC2CCC(c3ccc(OC)c(C)c3)CC2)c2cccc(-c3cnn(C4CC4)c3)c2)CC1.COc1ccc(C2CCC(CN(C(=O)C3CCC(N)CC3)c3cccc(-c4cnn(C5CC5)c4)c3)CC2)cc1C.COc1ccc(C2CCC(CNc3cccc(-c4cnn(C5CC5)c4)c3)CC2)cc1C. The lowest BCUT2D eigenvalue weighted by Crippen LogP contribution is -2.44. The zero-order valence-corrected chi connectivity index (χ0v) is 69.1. The average molecular weight is 1560 g/mol. The fourth-order valence-electron chi connectivity index (χ4n) is 19.1. The van der Waals surface area contributed by atoms with E-state index in [2.05, 4.69) is 217 Å². The first kappa shape index (κ1) is 80.5. The fourth-order valence-corrected chi connectivity index (χ4v) is 19.1. The van der Waals surface area contributed by atoms with Crippen LogP contribution in [0.15, 0.2) is 165 Å². The van der Waals surface area contributed by atoms with Gasteiger partial charge in [-0.1, -0.05) is 72.8 Å². The van der Waals surface area contributed by atoms with Crippen LogP contribution in [0.4, 0.5) is 21.9 Å². The molecule has 8 saturated carbocycles. The molecule has 8 fully saturated rings. The maximum atomic E-state index is 14.3. The van der Waals surface area contributed by atoms with Gasteiger partial charge in [0.15, 0.2) is 0 Å². The van der Waals surface area contributed by atoms with Crippen LogP contribution in [-0.4, -0.2) is 107 Å². The highest BCUT2D eigenvalue weighted by Gasteiger charge is 2.37. The summed E-state index contributed by atoms with van der Waals surface area (Å²) in [7, 11) is 6.59. The van der Waals surface area contributed by atoms with Crippen molar-refractivity contribution in [2.45, 2.75) is 236 Å². The Hall–Kier alpha value is -9.68. The number of ether oxygens (including phenoxy) is 4. The van der Waals surface area contributed by atoms with E-state index in [1.165, 1.54) is 122 Å². The van der Waals surface area contributed by atoms with Crippen LogP contribution in [0.5, 0.6) is 17.2 Å². The van der Waals surface area contributed by atoms with E-state index in [9.17, 15) is 14.4 Å². The third-order valence-electron chi connectivity index (χ3n) is 26.7. The smallest absolute Gasteiger partial charge is 0.407 e. The number of nitrogens with one attached hydrogen (secondary N) is 2. The van der Waals surface area contributed by atoms with Gasteiger partial charge in [-0.05, 0) is 328 Å². The number of nitrogens with two attached hydrogens (primary N) is 1. The molecular weight excluding hydrogens is 1430 g/mol. The van der Waals surface area contributed by atoms with Gasteiger partial charge in [-0.3, -0.25) is 23.6 Å². The van der Waals surface area contributed by atoms with Gasteiger partial charge in [0.1, 0.15) is 17.2 Å². The summed E-state index contributed by atoms with van der Waals surface area (Å²) < 4.78 is 27.4. The van der Waals surface area contributed by atoms with Gasteiger partial charge in [0.2, 0.25) is 11.8 Å². The molecule has 9 aromatic rings. The minimum absolute atomic E-state index is 0.0504.